The SMILES string of the molecule is C=C(C)C1(C)COc2cc(OC)c(C)c(OC)c21. The van der Waals surface area contributed by atoms with Crippen molar-refractivity contribution in [2.24, 2.45) is 0 Å². The third-order valence-electron chi connectivity index (χ3n) is 3.88. The molecule has 1 aromatic rings. The number of rotatable bonds is 3. The van der Waals surface area contributed by atoms with E-state index in [1.54, 1.807) is 14.2 Å². The van der Waals surface area contributed by atoms with Crippen LogP contribution in [0.1, 0.15) is 25.0 Å². The first-order valence-corrected chi connectivity index (χ1v) is 6.00. The lowest BCUT2D eigenvalue weighted by Crippen LogP contribution is -2.25. The zero-order chi connectivity index (χ0) is 13.5. The van der Waals surface area contributed by atoms with E-state index < -0.39 is 0 Å². The summed E-state index contributed by atoms with van der Waals surface area (Å²) in [6.07, 6.45) is 0. The second-order valence-electron chi connectivity index (χ2n) is 5.01. The third-order valence-corrected chi connectivity index (χ3v) is 3.88. The molecular weight excluding hydrogens is 228 g/mol. The summed E-state index contributed by atoms with van der Waals surface area (Å²) >= 11 is 0. The van der Waals surface area contributed by atoms with Gasteiger partial charge < -0.3 is 14.2 Å². The topological polar surface area (TPSA) is 27.7 Å². The lowest BCUT2D eigenvalue weighted by atomic mass is 9.78. The quantitative estimate of drug-likeness (QED) is 0.769. The van der Waals surface area contributed by atoms with Gasteiger partial charge in [-0.2, -0.15) is 0 Å². The Morgan fingerprint density at radius 3 is 2.56 bits per heavy atom. The summed E-state index contributed by atoms with van der Waals surface area (Å²) in [5.41, 5.74) is 2.95. The lowest BCUT2D eigenvalue weighted by molar-refractivity contribution is 0.298. The fourth-order valence-electron chi connectivity index (χ4n) is 2.45. The molecule has 1 atom stereocenters. The molecule has 18 heavy (non-hydrogen) atoms. The van der Waals surface area contributed by atoms with Gasteiger partial charge in [0.15, 0.2) is 0 Å². The van der Waals surface area contributed by atoms with Crippen molar-refractivity contribution in [1.29, 1.82) is 0 Å². The predicted molar refractivity (Wildman–Crippen MR) is 71.9 cm³/mol. The summed E-state index contributed by atoms with van der Waals surface area (Å²) in [6, 6.07) is 1.93. The molecule has 0 spiro atoms. The van der Waals surface area contributed by atoms with E-state index in [4.69, 9.17) is 14.2 Å². The van der Waals surface area contributed by atoms with Crippen LogP contribution < -0.4 is 14.2 Å². The number of ether oxygens (including phenoxy) is 3. The fourth-order valence-corrected chi connectivity index (χ4v) is 2.45. The molecular formula is C15H20O3. The van der Waals surface area contributed by atoms with Crippen molar-refractivity contribution in [3.05, 3.63) is 29.3 Å². The maximum absolute atomic E-state index is 5.79. The van der Waals surface area contributed by atoms with Gasteiger partial charge in [0.05, 0.1) is 25.2 Å². The Balaban J connectivity index is 2.73. The number of benzene rings is 1. The van der Waals surface area contributed by atoms with Gasteiger partial charge in [-0.25, -0.2) is 0 Å². The fraction of sp³-hybridized carbons (Fsp3) is 0.467. The Morgan fingerprint density at radius 1 is 1.39 bits per heavy atom. The number of hydrogen-bond donors (Lipinski definition) is 0. The summed E-state index contributed by atoms with van der Waals surface area (Å²) in [7, 11) is 3.33. The van der Waals surface area contributed by atoms with Crippen LogP contribution in [0.2, 0.25) is 0 Å². The molecule has 1 aromatic carbocycles. The van der Waals surface area contributed by atoms with Gasteiger partial charge in [0.25, 0.3) is 0 Å². The summed E-state index contributed by atoms with van der Waals surface area (Å²) in [4.78, 5) is 0. The van der Waals surface area contributed by atoms with Crippen molar-refractivity contribution >= 4 is 0 Å². The van der Waals surface area contributed by atoms with Crippen molar-refractivity contribution in [1.82, 2.24) is 0 Å². The molecule has 0 radical (unpaired) electrons. The largest absolute Gasteiger partial charge is 0.496 e. The van der Waals surface area contributed by atoms with Crippen LogP contribution in [-0.4, -0.2) is 20.8 Å². The maximum atomic E-state index is 5.79. The average molecular weight is 248 g/mol. The molecule has 3 nitrogen and oxygen atoms in total. The van der Waals surface area contributed by atoms with E-state index in [1.165, 1.54) is 0 Å². The van der Waals surface area contributed by atoms with Gasteiger partial charge in [-0.05, 0) is 20.8 Å². The van der Waals surface area contributed by atoms with Crippen LogP contribution in [-0.2, 0) is 5.41 Å². The molecule has 2 rings (SSSR count). The first-order valence-electron chi connectivity index (χ1n) is 6.00. The van der Waals surface area contributed by atoms with E-state index in [0.29, 0.717) is 6.61 Å². The highest BCUT2D eigenvalue weighted by atomic mass is 16.5. The van der Waals surface area contributed by atoms with Gasteiger partial charge in [0.1, 0.15) is 23.9 Å². The third kappa shape index (κ3) is 1.57. The minimum Gasteiger partial charge on any atom is -0.496 e. The van der Waals surface area contributed by atoms with Gasteiger partial charge in [-0.15, -0.1) is 0 Å². The first kappa shape index (κ1) is 12.8. The summed E-state index contributed by atoms with van der Waals surface area (Å²) in [6.45, 7) is 10.8. The van der Waals surface area contributed by atoms with Gasteiger partial charge in [0.2, 0.25) is 0 Å². The Labute approximate surface area is 108 Å². The van der Waals surface area contributed by atoms with Crippen LogP contribution >= 0.6 is 0 Å². The Morgan fingerprint density at radius 2 is 2.06 bits per heavy atom. The van der Waals surface area contributed by atoms with Gasteiger partial charge >= 0.3 is 0 Å². The van der Waals surface area contributed by atoms with Crippen LogP contribution in [0.3, 0.4) is 0 Å². The lowest BCUT2D eigenvalue weighted by Gasteiger charge is -2.25. The molecule has 1 aliphatic heterocycles. The highest BCUT2D eigenvalue weighted by Crippen LogP contribution is 2.51. The van der Waals surface area contributed by atoms with E-state index in [9.17, 15) is 0 Å². The first-order chi connectivity index (χ1) is 8.45. The second-order valence-corrected chi connectivity index (χ2v) is 5.01. The summed E-state index contributed by atoms with van der Waals surface area (Å²) in [5, 5.41) is 0. The van der Waals surface area contributed by atoms with E-state index in [2.05, 4.69) is 13.5 Å². The molecule has 1 aliphatic rings. The van der Waals surface area contributed by atoms with E-state index >= 15 is 0 Å². The molecule has 0 bridgehead atoms. The number of methoxy groups -OCH3 is 2. The summed E-state index contributed by atoms with van der Waals surface area (Å²) in [5.74, 6) is 2.46. The van der Waals surface area contributed by atoms with Crippen molar-refractivity contribution in [2.75, 3.05) is 20.8 Å². The Hall–Kier alpha value is -1.64. The standard InChI is InChI=1S/C15H20O3/c1-9(2)15(4)8-18-12-7-11(16-5)10(3)14(17-6)13(12)15/h7H,1,8H2,2-6H3. The minimum atomic E-state index is -0.197. The molecule has 0 saturated carbocycles. The van der Waals surface area contributed by atoms with Crippen molar-refractivity contribution in [2.45, 2.75) is 26.2 Å². The van der Waals surface area contributed by atoms with Crippen molar-refractivity contribution < 1.29 is 14.2 Å². The van der Waals surface area contributed by atoms with Crippen LogP contribution in [0.5, 0.6) is 17.2 Å². The molecule has 0 N–H and O–H groups in total. The van der Waals surface area contributed by atoms with Gasteiger partial charge in [0, 0.05) is 11.6 Å². The molecule has 0 aliphatic carbocycles. The zero-order valence-corrected chi connectivity index (χ0v) is 11.7. The highest BCUT2D eigenvalue weighted by Gasteiger charge is 2.41. The zero-order valence-electron chi connectivity index (χ0n) is 11.7. The molecule has 0 saturated heterocycles. The van der Waals surface area contributed by atoms with Gasteiger partial charge in [-0.3, -0.25) is 0 Å². The summed E-state index contributed by atoms with van der Waals surface area (Å²) < 4.78 is 16.7. The number of hydrogen-bond acceptors (Lipinski definition) is 3. The molecule has 0 amide bonds. The van der Waals surface area contributed by atoms with E-state index in [1.807, 2.05) is 19.9 Å². The smallest absolute Gasteiger partial charge is 0.133 e. The average Bonchev–Trinajstić information content (AvgIpc) is 2.68. The van der Waals surface area contributed by atoms with Crippen LogP contribution in [0, 0.1) is 6.92 Å². The Bertz CT molecular complexity index is 505. The molecule has 0 fully saturated rings. The molecule has 98 valence electrons. The van der Waals surface area contributed by atoms with E-state index in [0.717, 1.165) is 33.9 Å². The van der Waals surface area contributed by atoms with Crippen LogP contribution in [0.15, 0.2) is 18.2 Å². The molecule has 3 heteroatoms. The maximum Gasteiger partial charge on any atom is 0.133 e. The van der Waals surface area contributed by atoms with Crippen molar-refractivity contribution in [3.63, 3.8) is 0 Å². The van der Waals surface area contributed by atoms with E-state index in [-0.39, 0.29) is 5.41 Å². The minimum absolute atomic E-state index is 0.197. The predicted octanol–water partition coefficient (Wildman–Crippen LogP) is 3.24. The Kier molecular flexibility index (Phi) is 3.01. The monoisotopic (exact) mass is 248 g/mol. The normalized spacial score (nSPS) is 21.2. The molecule has 1 heterocycles. The van der Waals surface area contributed by atoms with Crippen LogP contribution in [0.4, 0.5) is 0 Å². The number of fused-ring (bicyclic) bond motifs is 1. The van der Waals surface area contributed by atoms with Crippen LogP contribution in [0.25, 0.3) is 0 Å². The molecule has 1 unspecified atom stereocenters. The molecule has 0 aromatic heterocycles. The highest BCUT2D eigenvalue weighted by molar-refractivity contribution is 5.63. The second kappa shape index (κ2) is 4.23. The van der Waals surface area contributed by atoms with Crippen molar-refractivity contribution in [3.8, 4) is 17.2 Å². The van der Waals surface area contributed by atoms with Gasteiger partial charge in [-0.1, -0.05) is 12.2 Å².